The molecule has 0 amide bonds. The number of esters is 1. The normalized spacial score (nSPS) is 28.0. The van der Waals surface area contributed by atoms with Crippen LogP contribution in [0.5, 0.6) is 0 Å². The molecule has 0 spiro atoms. The van der Waals surface area contributed by atoms with Crippen molar-refractivity contribution in [3.05, 3.63) is 35.4 Å². The molecule has 0 N–H and O–H groups in total. The summed E-state index contributed by atoms with van der Waals surface area (Å²) >= 11 is 0. The van der Waals surface area contributed by atoms with Crippen molar-refractivity contribution < 1.29 is 14.3 Å². The van der Waals surface area contributed by atoms with Crippen molar-refractivity contribution in [3.8, 4) is 0 Å². The number of ketones is 1. The van der Waals surface area contributed by atoms with Crippen LogP contribution in [0.15, 0.2) is 24.3 Å². The zero-order chi connectivity index (χ0) is 15.2. The summed E-state index contributed by atoms with van der Waals surface area (Å²) in [5, 5.41) is 0. The van der Waals surface area contributed by atoms with Gasteiger partial charge in [-0.3, -0.25) is 9.59 Å². The van der Waals surface area contributed by atoms with Crippen LogP contribution in [-0.4, -0.2) is 17.4 Å². The van der Waals surface area contributed by atoms with Gasteiger partial charge < -0.3 is 4.74 Å². The molecule has 0 heterocycles. The first-order chi connectivity index (χ1) is 9.88. The second-order valence-electron chi connectivity index (χ2n) is 7.16. The van der Waals surface area contributed by atoms with E-state index in [1.807, 2.05) is 45.0 Å². The molecule has 1 saturated carbocycles. The number of carbonyl (C=O) groups excluding carboxylic acids is 2. The quantitative estimate of drug-likeness (QED) is 0.583. The molecule has 2 aliphatic rings. The molecule has 1 aromatic rings. The summed E-state index contributed by atoms with van der Waals surface area (Å²) < 4.78 is 5.51. The molecule has 0 bridgehead atoms. The Balaban J connectivity index is 1.99. The van der Waals surface area contributed by atoms with E-state index in [0.717, 1.165) is 30.4 Å². The zero-order valence-electron chi connectivity index (χ0n) is 12.9. The van der Waals surface area contributed by atoms with Crippen molar-refractivity contribution in [2.75, 3.05) is 0 Å². The maximum Gasteiger partial charge on any atom is 0.317 e. The van der Waals surface area contributed by atoms with Gasteiger partial charge in [0.15, 0.2) is 5.78 Å². The predicted octanol–water partition coefficient (Wildman–Crippen LogP) is 3.72. The minimum atomic E-state index is -0.619. The fraction of sp³-hybridized carbons (Fsp3) is 0.556. The van der Waals surface area contributed by atoms with Gasteiger partial charge in [-0.2, -0.15) is 0 Å². The second kappa shape index (κ2) is 4.97. The van der Waals surface area contributed by atoms with E-state index < -0.39 is 11.5 Å². The first kappa shape index (κ1) is 14.3. The smallest absolute Gasteiger partial charge is 0.317 e. The van der Waals surface area contributed by atoms with Crippen LogP contribution in [-0.2, 0) is 9.53 Å². The van der Waals surface area contributed by atoms with Crippen LogP contribution >= 0.6 is 0 Å². The van der Waals surface area contributed by atoms with Crippen LogP contribution < -0.4 is 0 Å². The molecule has 1 aromatic carbocycles. The van der Waals surface area contributed by atoms with Crippen molar-refractivity contribution in [1.82, 2.24) is 0 Å². The molecule has 3 nitrogen and oxygen atoms in total. The monoisotopic (exact) mass is 286 g/mol. The van der Waals surface area contributed by atoms with Crippen molar-refractivity contribution in [3.63, 3.8) is 0 Å². The molecule has 0 aliphatic heterocycles. The Bertz CT molecular complexity index is 582. The SMILES string of the molecule is CC(C)(C)OC(=O)C1C(=O)c2ccccc2[C@H]2CCC[C@@H]12. The first-order valence-electron chi connectivity index (χ1n) is 7.74. The van der Waals surface area contributed by atoms with Gasteiger partial charge in [0, 0.05) is 5.56 Å². The van der Waals surface area contributed by atoms with E-state index in [0.29, 0.717) is 5.92 Å². The lowest BCUT2D eigenvalue weighted by Crippen LogP contribution is -2.41. The molecule has 2 aliphatic carbocycles. The summed E-state index contributed by atoms with van der Waals surface area (Å²) in [5.41, 5.74) is 1.30. The fourth-order valence-electron chi connectivity index (χ4n) is 3.83. The van der Waals surface area contributed by atoms with Crippen LogP contribution in [0.25, 0.3) is 0 Å². The predicted molar refractivity (Wildman–Crippen MR) is 80.2 cm³/mol. The van der Waals surface area contributed by atoms with Crippen molar-refractivity contribution >= 4 is 11.8 Å². The van der Waals surface area contributed by atoms with Crippen molar-refractivity contribution in [1.29, 1.82) is 0 Å². The third-order valence-corrected chi connectivity index (χ3v) is 4.57. The molecular formula is C18H22O3. The molecular weight excluding hydrogens is 264 g/mol. The maximum atomic E-state index is 12.8. The van der Waals surface area contributed by atoms with Crippen molar-refractivity contribution in [2.45, 2.75) is 51.6 Å². The molecule has 1 unspecified atom stereocenters. The highest BCUT2D eigenvalue weighted by molar-refractivity contribution is 6.11. The van der Waals surface area contributed by atoms with E-state index >= 15 is 0 Å². The van der Waals surface area contributed by atoms with E-state index in [4.69, 9.17) is 4.74 Å². The number of benzene rings is 1. The lowest BCUT2D eigenvalue weighted by atomic mass is 9.70. The van der Waals surface area contributed by atoms with Gasteiger partial charge in [-0.1, -0.05) is 30.7 Å². The second-order valence-corrected chi connectivity index (χ2v) is 7.16. The lowest BCUT2D eigenvalue weighted by molar-refractivity contribution is -0.160. The summed E-state index contributed by atoms with van der Waals surface area (Å²) in [4.78, 5) is 25.3. The van der Waals surface area contributed by atoms with Gasteiger partial charge in [-0.05, 0) is 51.0 Å². The molecule has 0 saturated heterocycles. The molecule has 1 fully saturated rings. The van der Waals surface area contributed by atoms with Crippen LogP contribution in [0.4, 0.5) is 0 Å². The molecule has 3 heteroatoms. The summed E-state index contributed by atoms with van der Waals surface area (Å²) in [6, 6.07) is 7.75. The third-order valence-electron chi connectivity index (χ3n) is 4.57. The van der Waals surface area contributed by atoms with Gasteiger partial charge in [0.05, 0.1) is 0 Å². The fourth-order valence-corrected chi connectivity index (χ4v) is 3.83. The summed E-state index contributed by atoms with van der Waals surface area (Å²) in [5.74, 6) is -0.577. The number of hydrogen-bond acceptors (Lipinski definition) is 3. The lowest BCUT2D eigenvalue weighted by Gasteiger charge is -2.34. The van der Waals surface area contributed by atoms with Gasteiger partial charge in [0.2, 0.25) is 0 Å². The molecule has 3 atom stereocenters. The van der Waals surface area contributed by atoms with Gasteiger partial charge in [0.25, 0.3) is 0 Å². The molecule has 0 radical (unpaired) electrons. The van der Waals surface area contributed by atoms with E-state index in [9.17, 15) is 9.59 Å². The summed E-state index contributed by atoms with van der Waals surface area (Å²) in [6.45, 7) is 5.54. The Hall–Kier alpha value is -1.64. The van der Waals surface area contributed by atoms with Gasteiger partial charge in [-0.15, -0.1) is 0 Å². The van der Waals surface area contributed by atoms with Gasteiger partial charge in [-0.25, -0.2) is 0 Å². The largest absolute Gasteiger partial charge is 0.459 e. The van der Waals surface area contributed by atoms with Gasteiger partial charge >= 0.3 is 5.97 Å². The highest BCUT2D eigenvalue weighted by Gasteiger charge is 2.48. The van der Waals surface area contributed by atoms with E-state index in [-0.39, 0.29) is 17.7 Å². The highest BCUT2D eigenvalue weighted by atomic mass is 16.6. The van der Waals surface area contributed by atoms with Crippen LogP contribution in [0.1, 0.15) is 61.9 Å². The number of fused-ring (bicyclic) bond motifs is 3. The molecule has 0 aromatic heterocycles. The number of ether oxygens (including phenoxy) is 1. The Morgan fingerprint density at radius 2 is 1.90 bits per heavy atom. The summed E-state index contributed by atoms with van der Waals surface area (Å²) in [7, 11) is 0. The minimum absolute atomic E-state index is 0.0528. The summed E-state index contributed by atoms with van der Waals surface area (Å²) in [6.07, 6.45) is 3.08. The molecule has 21 heavy (non-hydrogen) atoms. The maximum absolute atomic E-state index is 12.8. The topological polar surface area (TPSA) is 43.4 Å². The Kier molecular flexibility index (Phi) is 3.39. The van der Waals surface area contributed by atoms with E-state index in [2.05, 4.69) is 0 Å². The average Bonchev–Trinajstić information content (AvgIpc) is 2.86. The standard InChI is InChI=1S/C18H22O3/c1-18(2,3)21-17(20)15-13-10-6-9-11(13)12-7-4-5-8-14(12)16(15)19/h4-5,7-8,11,13,15H,6,9-10H2,1-3H3/t11-,13-,15?/m1/s1. The number of rotatable bonds is 1. The Morgan fingerprint density at radius 1 is 1.19 bits per heavy atom. The number of carbonyl (C=O) groups is 2. The third kappa shape index (κ3) is 2.50. The highest BCUT2D eigenvalue weighted by Crippen LogP contribution is 2.49. The van der Waals surface area contributed by atoms with E-state index in [1.165, 1.54) is 0 Å². The van der Waals surface area contributed by atoms with Crippen LogP contribution in [0, 0.1) is 11.8 Å². The Morgan fingerprint density at radius 3 is 2.62 bits per heavy atom. The average molecular weight is 286 g/mol. The number of Topliss-reactive ketones (excluding diaryl/α,β-unsaturated/α-hetero) is 1. The minimum Gasteiger partial charge on any atom is -0.459 e. The van der Waals surface area contributed by atoms with Gasteiger partial charge in [0.1, 0.15) is 11.5 Å². The van der Waals surface area contributed by atoms with E-state index in [1.54, 1.807) is 0 Å². The van der Waals surface area contributed by atoms with Crippen LogP contribution in [0.3, 0.4) is 0 Å². The number of hydrogen-bond donors (Lipinski definition) is 0. The van der Waals surface area contributed by atoms with Crippen LogP contribution in [0.2, 0.25) is 0 Å². The first-order valence-corrected chi connectivity index (χ1v) is 7.74. The molecule has 3 rings (SSSR count). The van der Waals surface area contributed by atoms with Crippen molar-refractivity contribution in [2.24, 2.45) is 11.8 Å². The molecule has 112 valence electrons. The Labute approximate surface area is 125 Å². The zero-order valence-corrected chi connectivity index (χ0v) is 12.9.